The molecule has 0 radical (unpaired) electrons. The number of amides is 1. The number of nitrogens with one attached hydrogen (secondary N) is 1. The Bertz CT molecular complexity index is 1280. The average Bonchev–Trinajstić information content (AvgIpc) is 3.52. The second-order valence-electron chi connectivity index (χ2n) is 8.47. The molecule has 0 spiro atoms. The molecule has 1 amide bonds. The smallest absolute Gasteiger partial charge is 0.341 e. The van der Waals surface area contributed by atoms with Gasteiger partial charge in [-0.05, 0) is 57.2 Å². The molecule has 1 aromatic carbocycles. The molecule has 0 aliphatic heterocycles. The minimum absolute atomic E-state index is 0.123. The van der Waals surface area contributed by atoms with Crippen LogP contribution < -0.4 is 10.1 Å². The van der Waals surface area contributed by atoms with Crippen LogP contribution in [0.25, 0.3) is 0 Å². The number of benzene rings is 1. The van der Waals surface area contributed by atoms with E-state index in [4.69, 9.17) is 9.47 Å². The lowest BCUT2D eigenvalue weighted by atomic mass is 10.1. The third-order valence-corrected chi connectivity index (χ3v) is 7.95. The van der Waals surface area contributed by atoms with Gasteiger partial charge < -0.3 is 14.8 Å². The van der Waals surface area contributed by atoms with Crippen LogP contribution in [0.5, 0.6) is 5.75 Å². The van der Waals surface area contributed by atoms with Gasteiger partial charge >= 0.3 is 5.97 Å². The fourth-order valence-electron chi connectivity index (χ4n) is 4.15. The monoisotopic (exact) mass is 526 g/mol. The predicted octanol–water partition coefficient (Wildman–Crippen LogP) is 5.12. The molecule has 0 unspecified atom stereocenters. The molecule has 0 bridgehead atoms. The maximum absolute atomic E-state index is 12.8. The van der Waals surface area contributed by atoms with Crippen molar-refractivity contribution in [3.63, 3.8) is 0 Å². The van der Waals surface area contributed by atoms with E-state index in [9.17, 15) is 9.59 Å². The van der Waals surface area contributed by atoms with Crippen molar-refractivity contribution < 1.29 is 19.1 Å². The molecule has 36 heavy (non-hydrogen) atoms. The van der Waals surface area contributed by atoms with Crippen LogP contribution in [0.2, 0.25) is 0 Å². The Hall–Kier alpha value is -3.11. The summed E-state index contributed by atoms with van der Waals surface area (Å²) in [5.41, 5.74) is 3.75. The first-order chi connectivity index (χ1) is 17.4. The molecule has 1 N–H and O–H groups in total. The van der Waals surface area contributed by atoms with Crippen molar-refractivity contribution >= 4 is 40.0 Å². The summed E-state index contributed by atoms with van der Waals surface area (Å²) in [6.45, 7) is 10.7. The van der Waals surface area contributed by atoms with E-state index in [2.05, 4.69) is 28.2 Å². The molecule has 0 saturated carbocycles. The highest BCUT2D eigenvalue weighted by Gasteiger charge is 2.28. The van der Waals surface area contributed by atoms with Gasteiger partial charge in [0.25, 0.3) is 0 Å². The highest BCUT2D eigenvalue weighted by molar-refractivity contribution is 7.99. The second kappa shape index (κ2) is 11.7. The largest absolute Gasteiger partial charge is 0.485 e. The van der Waals surface area contributed by atoms with Crippen LogP contribution in [-0.2, 0) is 35.5 Å². The van der Waals surface area contributed by atoms with E-state index in [1.807, 2.05) is 30.5 Å². The summed E-state index contributed by atoms with van der Waals surface area (Å²) in [6.07, 6.45) is 4.54. The number of aryl methyl sites for hydroxylation is 3. The highest BCUT2D eigenvalue weighted by Crippen LogP contribution is 2.39. The van der Waals surface area contributed by atoms with Crippen LogP contribution in [0.4, 0.5) is 5.00 Å². The molecule has 190 valence electrons. The van der Waals surface area contributed by atoms with Crippen molar-refractivity contribution in [3.8, 4) is 5.75 Å². The quantitative estimate of drug-likeness (QED) is 0.211. The number of nitrogens with zero attached hydrogens (tertiary/aromatic N) is 3. The third kappa shape index (κ3) is 5.82. The molecular formula is C26H30N4O4S2. The van der Waals surface area contributed by atoms with Gasteiger partial charge in [0.2, 0.25) is 5.91 Å². The normalized spacial score (nSPS) is 12.3. The number of carbonyl (C=O) groups is 2. The summed E-state index contributed by atoms with van der Waals surface area (Å²) in [4.78, 5) is 26.5. The van der Waals surface area contributed by atoms with Crippen molar-refractivity contribution in [2.45, 2.75) is 58.3 Å². The first-order valence-electron chi connectivity index (χ1n) is 11.9. The first kappa shape index (κ1) is 26.0. The molecular weight excluding hydrogens is 496 g/mol. The number of thiophene rings is 1. The zero-order chi connectivity index (χ0) is 25.7. The van der Waals surface area contributed by atoms with E-state index in [1.54, 1.807) is 13.0 Å². The number of anilines is 1. The standard InChI is InChI=1S/C26H30N4O4S2/c1-5-12-30-21(14-34-19-11-10-16(3)13-17(19)4)28-29-26(30)35-15-22(31)27-24-23(25(32)33-6-2)18-8-7-9-20(18)36-24/h5,10-11,13H,1,6-9,12,14-15H2,2-4H3,(H,27,31). The molecule has 8 nitrogen and oxygen atoms in total. The molecule has 2 aromatic heterocycles. The Morgan fingerprint density at radius 1 is 1.28 bits per heavy atom. The maximum atomic E-state index is 12.8. The predicted molar refractivity (Wildman–Crippen MR) is 142 cm³/mol. The molecule has 0 atom stereocenters. The summed E-state index contributed by atoms with van der Waals surface area (Å²) in [7, 11) is 0. The van der Waals surface area contributed by atoms with Crippen LogP contribution in [0, 0.1) is 13.8 Å². The number of ether oxygens (including phenoxy) is 2. The van der Waals surface area contributed by atoms with Crippen LogP contribution in [0.1, 0.15) is 51.1 Å². The van der Waals surface area contributed by atoms with Crippen LogP contribution in [0.15, 0.2) is 36.0 Å². The Morgan fingerprint density at radius 2 is 2.11 bits per heavy atom. The Balaban J connectivity index is 1.42. The molecule has 1 aliphatic rings. The van der Waals surface area contributed by atoms with Gasteiger partial charge in [-0.1, -0.05) is 35.5 Å². The molecule has 0 saturated heterocycles. The zero-order valence-electron chi connectivity index (χ0n) is 20.8. The van der Waals surface area contributed by atoms with Gasteiger partial charge in [-0.15, -0.1) is 28.1 Å². The molecule has 1 aliphatic carbocycles. The zero-order valence-corrected chi connectivity index (χ0v) is 22.4. The van der Waals surface area contributed by atoms with Gasteiger partial charge in [-0.3, -0.25) is 9.36 Å². The summed E-state index contributed by atoms with van der Waals surface area (Å²) in [5, 5.41) is 12.6. The lowest BCUT2D eigenvalue weighted by Crippen LogP contribution is -2.17. The van der Waals surface area contributed by atoms with Crippen molar-refractivity contribution in [2.24, 2.45) is 0 Å². The van der Waals surface area contributed by atoms with Gasteiger partial charge in [0.1, 0.15) is 17.4 Å². The fourth-order valence-corrected chi connectivity index (χ4v) is 6.21. The van der Waals surface area contributed by atoms with Crippen molar-refractivity contribution in [1.29, 1.82) is 0 Å². The topological polar surface area (TPSA) is 95.3 Å². The number of esters is 1. The highest BCUT2D eigenvalue weighted by atomic mass is 32.2. The SMILES string of the molecule is C=CCn1c(COc2ccc(C)cc2C)nnc1SCC(=O)Nc1sc2c(c1C(=O)OCC)CCC2. The van der Waals surface area contributed by atoms with E-state index in [0.717, 1.165) is 41.0 Å². The molecule has 2 heterocycles. The van der Waals surface area contributed by atoms with Crippen molar-refractivity contribution in [2.75, 3.05) is 17.7 Å². The Labute approximate surface area is 219 Å². The fraction of sp³-hybridized carbons (Fsp3) is 0.385. The van der Waals surface area contributed by atoms with E-state index >= 15 is 0 Å². The molecule has 3 aromatic rings. The summed E-state index contributed by atoms with van der Waals surface area (Å²) in [5.74, 6) is 0.975. The van der Waals surface area contributed by atoms with Gasteiger partial charge in [0.15, 0.2) is 11.0 Å². The number of rotatable bonds is 11. The van der Waals surface area contributed by atoms with Crippen molar-refractivity contribution in [3.05, 3.63) is 63.8 Å². The van der Waals surface area contributed by atoms with Gasteiger partial charge in [0, 0.05) is 11.4 Å². The molecule has 4 rings (SSSR count). The molecule has 0 fully saturated rings. The van der Waals surface area contributed by atoms with E-state index in [0.29, 0.717) is 34.7 Å². The lowest BCUT2D eigenvalue weighted by molar-refractivity contribution is -0.113. The van der Waals surface area contributed by atoms with Gasteiger partial charge in [-0.2, -0.15) is 0 Å². The minimum Gasteiger partial charge on any atom is -0.485 e. The van der Waals surface area contributed by atoms with E-state index < -0.39 is 0 Å². The van der Waals surface area contributed by atoms with Gasteiger partial charge in [0.05, 0.1) is 17.9 Å². The number of allylic oxidation sites excluding steroid dienone is 1. The number of hydrogen-bond acceptors (Lipinski definition) is 8. The van der Waals surface area contributed by atoms with Crippen LogP contribution >= 0.6 is 23.1 Å². The number of carbonyl (C=O) groups excluding carboxylic acids is 2. The number of aromatic nitrogens is 3. The minimum atomic E-state index is -0.376. The number of thioether (sulfide) groups is 1. The second-order valence-corrected chi connectivity index (χ2v) is 10.5. The van der Waals surface area contributed by atoms with Crippen molar-refractivity contribution in [1.82, 2.24) is 14.8 Å². The Kier molecular flexibility index (Phi) is 8.48. The number of fused-ring (bicyclic) bond motifs is 1. The Morgan fingerprint density at radius 3 is 2.86 bits per heavy atom. The van der Waals surface area contributed by atoms with E-state index in [1.165, 1.54) is 28.7 Å². The average molecular weight is 527 g/mol. The number of hydrogen-bond donors (Lipinski definition) is 1. The van der Waals surface area contributed by atoms with Gasteiger partial charge in [-0.25, -0.2) is 4.79 Å². The van der Waals surface area contributed by atoms with E-state index in [-0.39, 0.29) is 24.2 Å². The van der Waals surface area contributed by atoms with Crippen LogP contribution in [0.3, 0.4) is 0 Å². The summed E-state index contributed by atoms with van der Waals surface area (Å²) < 4.78 is 13.1. The first-order valence-corrected chi connectivity index (χ1v) is 13.7. The third-order valence-electron chi connectivity index (χ3n) is 5.78. The molecule has 10 heteroatoms. The lowest BCUT2D eigenvalue weighted by Gasteiger charge is -2.11. The summed E-state index contributed by atoms with van der Waals surface area (Å²) >= 11 is 2.75. The summed E-state index contributed by atoms with van der Waals surface area (Å²) in [6, 6.07) is 6.02. The maximum Gasteiger partial charge on any atom is 0.341 e. The van der Waals surface area contributed by atoms with Crippen LogP contribution in [-0.4, -0.2) is 39.0 Å².